The second kappa shape index (κ2) is 8.31. The molecular weight excluding hydrogens is 326 g/mol. The molecule has 2 heterocycles. The first-order valence-electron chi connectivity index (χ1n) is 8.28. The Balaban J connectivity index is 1.64. The van der Waals surface area contributed by atoms with Crippen LogP contribution in [0.4, 0.5) is 0 Å². The molecule has 3 rings (SSSR count). The minimum absolute atomic E-state index is 0.131. The molecule has 8 nitrogen and oxygen atoms in total. The Hall–Kier alpha value is -2.12. The molecule has 0 unspecified atom stereocenters. The van der Waals surface area contributed by atoms with E-state index in [-0.39, 0.29) is 49.6 Å². The Morgan fingerprint density at radius 2 is 2.16 bits per heavy atom. The van der Waals surface area contributed by atoms with Crippen molar-refractivity contribution in [1.29, 1.82) is 0 Å². The van der Waals surface area contributed by atoms with Gasteiger partial charge in [0, 0.05) is 18.3 Å². The van der Waals surface area contributed by atoms with Crippen LogP contribution in [-0.2, 0) is 30.3 Å². The molecule has 0 saturated carbocycles. The Bertz CT molecular complexity index is 634. The maximum atomic E-state index is 11.1. The first-order chi connectivity index (χ1) is 12.2. The molecule has 5 atom stereocenters. The maximum Gasteiger partial charge on any atom is 0.302 e. The smallest absolute Gasteiger partial charge is 0.302 e. The molecule has 1 aromatic carbocycles. The van der Waals surface area contributed by atoms with Crippen LogP contribution < -0.4 is 0 Å². The van der Waals surface area contributed by atoms with Gasteiger partial charge in [0.05, 0.1) is 25.4 Å². The Morgan fingerprint density at radius 3 is 2.88 bits per heavy atom. The summed E-state index contributed by atoms with van der Waals surface area (Å²) < 4.78 is 23.1. The second-order valence-electron chi connectivity index (χ2n) is 6.15. The molecule has 8 heteroatoms. The van der Waals surface area contributed by atoms with E-state index in [0.29, 0.717) is 13.0 Å². The van der Waals surface area contributed by atoms with Gasteiger partial charge in [0.1, 0.15) is 24.9 Å². The quantitative estimate of drug-likeness (QED) is 0.326. The number of hydrogen-bond donors (Lipinski definition) is 0. The third-order valence-corrected chi connectivity index (χ3v) is 4.34. The van der Waals surface area contributed by atoms with Gasteiger partial charge in [-0.05, 0) is 11.1 Å². The molecule has 25 heavy (non-hydrogen) atoms. The van der Waals surface area contributed by atoms with Crippen molar-refractivity contribution in [2.75, 3.05) is 13.2 Å². The van der Waals surface area contributed by atoms with Crippen LogP contribution in [-0.4, -0.2) is 49.6 Å². The number of benzene rings is 1. The highest BCUT2D eigenvalue weighted by molar-refractivity contribution is 5.65. The van der Waals surface area contributed by atoms with E-state index in [1.54, 1.807) is 0 Å². The zero-order valence-corrected chi connectivity index (χ0v) is 14.0. The average Bonchev–Trinajstić information content (AvgIpc) is 3.14. The van der Waals surface area contributed by atoms with Crippen molar-refractivity contribution in [1.82, 2.24) is 0 Å². The van der Waals surface area contributed by atoms with Crippen molar-refractivity contribution in [2.24, 2.45) is 5.11 Å². The first kappa shape index (κ1) is 17.7. The van der Waals surface area contributed by atoms with Crippen molar-refractivity contribution >= 4 is 5.97 Å². The number of ether oxygens (including phenoxy) is 4. The molecule has 2 saturated heterocycles. The molecule has 134 valence electrons. The number of esters is 1. The van der Waals surface area contributed by atoms with E-state index in [0.717, 1.165) is 5.56 Å². The van der Waals surface area contributed by atoms with Crippen LogP contribution >= 0.6 is 0 Å². The Labute approximate surface area is 145 Å². The molecule has 0 amide bonds. The van der Waals surface area contributed by atoms with Crippen LogP contribution in [0.25, 0.3) is 10.4 Å². The predicted octanol–water partition coefficient (Wildman–Crippen LogP) is 2.37. The summed E-state index contributed by atoms with van der Waals surface area (Å²) >= 11 is 0. The van der Waals surface area contributed by atoms with Crippen LogP contribution in [0.2, 0.25) is 0 Å². The lowest BCUT2D eigenvalue weighted by molar-refractivity contribution is -0.149. The minimum Gasteiger partial charge on any atom is -0.463 e. The first-order valence-corrected chi connectivity index (χ1v) is 8.28. The van der Waals surface area contributed by atoms with Gasteiger partial charge in [0.15, 0.2) is 0 Å². The Kier molecular flexibility index (Phi) is 5.88. The van der Waals surface area contributed by atoms with E-state index >= 15 is 0 Å². The van der Waals surface area contributed by atoms with Crippen LogP contribution in [0.3, 0.4) is 0 Å². The van der Waals surface area contributed by atoms with Gasteiger partial charge in [-0.3, -0.25) is 4.79 Å². The van der Waals surface area contributed by atoms with E-state index in [1.807, 2.05) is 30.3 Å². The van der Waals surface area contributed by atoms with Crippen molar-refractivity contribution < 1.29 is 23.7 Å². The van der Waals surface area contributed by atoms with Gasteiger partial charge >= 0.3 is 5.97 Å². The van der Waals surface area contributed by atoms with Gasteiger partial charge in [0.2, 0.25) is 0 Å². The largest absolute Gasteiger partial charge is 0.463 e. The average molecular weight is 347 g/mol. The molecule has 0 aromatic heterocycles. The number of nitrogens with zero attached hydrogens (tertiary/aromatic N) is 3. The summed E-state index contributed by atoms with van der Waals surface area (Å²) in [4.78, 5) is 13.9. The summed E-state index contributed by atoms with van der Waals surface area (Å²) in [7, 11) is 0. The molecule has 0 bridgehead atoms. The molecule has 2 fully saturated rings. The van der Waals surface area contributed by atoms with Crippen LogP contribution in [0.15, 0.2) is 35.4 Å². The standard InChI is InChI=1S/C17H21N3O5/c1-11(21)22-10-15-16(23-9-12-5-3-2-4-6-12)17-14(25-15)7-13(24-17)8-19-20-18/h2-6,13-17H,7-10H2,1H3/t13-,14+,15-,16-,17-/m1/s1. The number of carbonyl (C=O) groups is 1. The lowest BCUT2D eigenvalue weighted by Gasteiger charge is -2.23. The number of azide groups is 1. The van der Waals surface area contributed by atoms with Crippen molar-refractivity contribution in [3.05, 3.63) is 46.3 Å². The summed E-state index contributed by atoms with van der Waals surface area (Å²) in [6.07, 6.45) is -0.679. The van der Waals surface area contributed by atoms with Gasteiger partial charge in [0.25, 0.3) is 0 Å². The van der Waals surface area contributed by atoms with Crippen LogP contribution in [0.5, 0.6) is 0 Å². The molecule has 0 aliphatic carbocycles. The summed E-state index contributed by atoms with van der Waals surface area (Å²) in [6, 6.07) is 9.81. The molecule has 0 spiro atoms. The van der Waals surface area contributed by atoms with Crippen LogP contribution in [0.1, 0.15) is 18.9 Å². The van der Waals surface area contributed by atoms with Gasteiger partial charge in [-0.25, -0.2) is 0 Å². The number of fused-ring (bicyclic) bond motifs is 1. The molecule has 0 radical (unpaired) electrons. The number of carbonyl (C=O) groups excluding carboxylic acids is 1. The zero-order chi connectivity index (χ0) is 17.6. The topological polar surface area (TPSA) is 103 Å². The number of rotatable bonds is 7. The molecule has 2 aliphatic rings. The van der Waals surface area contributed by atoms with Gasteiger partial charge < -0.3 is 18.9 Å². The second-order valence-corrected chi connectivity index (χ2v) is 6.15. The summed E-state index contributed by atoms with van der Waals surface area (Å²) in [5.74, 6) is -0.357. The molecular formula is C17H21N3O5. The third-order valence-electron chi connectivity index (χ3n) is 4.34. The SMILES string of the molecule is CC(=O)OC[C@H]1O[C@H]2C[C@H](CN=[N+]=[N-])O[C@H]2[C@@H]1OCc1ccccc1. The van der Waals surface area contributed by atoms with Gasteiger partial charge in [-0.1, -0.05) is 35.4 Å². The highest BCUT2D eigenvalue weighted by Gasteiger charge is 2.51. The monoisotopic (exact) mass is 347 g/mol. The van der Waals surface area contributed by atoms with Crippen molar-refractivity contribution in [3.63, 3.8) is 0 Å². The fourth-order valence-electron chi connectivity index (χ4n) is 3.24. The minimum atomic E-state index is -0.372. The van der Waals surface area contributed by atoms with E-state index in [1.165, 1.54) is 6.92 Å². The molecule has 0 N–H and O–H groups in total. The van der Waals surface area contributed by atoms with E-state index in [4.69, 9.17) is 24.5 Å². The maximum absolute atomic E-state index is 11.1. The zero-order valence-electron chi connectivity index (χ0n) is 14.0. The Morgan fingerprint density at radius 1 is 1.36 bits per heavy atom. The molecule has 2 aliphatic heterocycles. The lowest BCUT2D eigenvalue weighted by Crippen LogP contribution is -2.38. The highest BCUT2D eigenvalue weighted by Crippen LogP contribution is 2.36. The fraction of sp³-hybridized carbons (Fsp3) is 0.588. The number of hydrogen-bond acceptors (Lipinski definition) is 6. The highest BCUT2D eigenvalue weighted by atomic mass is 16.6. The van der Waals surface area contributed by atoms with Crippen molar-refractivity contribution in [3.8, 4) is 0 Å². The van der Waals surface area contributed by atoms with Crippen LogP contribution in [0, 0.1) is 0 Å². The van der Waals surface area contributed by atoms with E-state index in [2.05, 4.69) is 10.0 Å². The van der Waals surface area contributed by atoms with Gasteiger partial charge in [-0.2, -0.15) is 0 Å². The summed E-state index contributed by atoms with van der Waals surface area (Å²) in [6.45, 7) is 2.18. The third kappa shape index (κ3) is 4.49. The van der Waals surface area contributed by atoms with Gasteiger partial charge in [-0.15, -0.1) is 0 Å². The van der Waals surface area contributed by atoms with E-state index < -0.39 is 0 Å². The fourth-order valence-corrected chi connectivity index (χ4v) is 3.24. The van der Waals surface area contributed by atoms with Crippen molar-refractivity contribution in [2.45, 2.75) is 50.5 Å². The molecule has 1 aromatic rings. The summed E-state index contributed by atoms with van der Waals surface area (Å²) in [5.41, 5.74) is 9.50. The summed E-state index contributed by atoms with van der Waals surface area (Å²) in [5, 5.41) is 3.57. The van der Waals surface area contributed by atoms with E-state index in [9.17, 15) is 4.79 Å². The predicted molar refractivity (Wildman–Crippen MR) is 87.6 cm³/mol. The lowest BCUT2D eigenvalue weighted by atomic mass is 10.1. The normalized spacial score (nSPS) is 30.5.